The van der Waals surface area contributed by atoms with Gasteiger partial charge in [0, 0.05) is 18.8 Å². The number of nitrogens with one attached hydrogen (secondary N) is 1. The lowest BCUT2D eigenvalue weighted by Crippen LogP contribution is -2.70. The van der Waals surface area contributed by atoms with Crippen molar-refractivity contribution in [3.05, 3.63) is 59.7 Å². The molecule has 1 atom stereocenters. The van der Waals surface area contributed by atoms with Crippen molar-refractivity contribution in [2.75, 3.05) is 24.5 Å². The zero-order chi connectivity index (χ0) is 25.1. The lowest BCUT2D eigenvalue weighted by atomic mass is 9.94. The van der Waals surface area contributed by atoms with Crippen molar-refractivity contribution in [1.82, 2.24) is 9.62 Å². The van der Waals surface area contributed by atoms with Gasteiger partial charge in [-0.3, -0.25) is 14.5 Å². The molecular formula is C26H35N3O4S. The van der Waals surface area contributed by atoms with Crippen LogP contribution in [0.2, 0.25) is 0 Å². The summed E-state index contributed by atoms with van der Waals surface area (Å²) in [6.45, 7) is 9.67. The minimum absolute atomic E-state index is 0.106. The van der Waals surface area contributed by atoms with Crippen LogP contribution in [0.25, 0.3) is 0 Å². The number of aryl methyl sites for hydroxylation is 2. The molecule has 1 N–H and O–H groups in total. The Bertz CT molecular complexity index is 1130. The van der Waals surface area contributed by atoms with E-state index >= 15 is 0 Å². The second-order valence-corrected chi connectivity index (χ2v) is 11.5. The van der Waals surface area contributed by atoms with E-state index in [0.29, 0.717) is 18.2 Å². The van der Waals surface area contributed by atoms with Gasteiger partial charge in [0.2, 0.25) is 21.8 Å². The van der Waals surface area contributed by atoms with E-state index in [1.807, 2.05) is 38.1 Å². The molecule has 1 aliphatic heterocycles. The molecule has 0 unspecified atom stereocenters. The summed E-state index contributed by atoms with van der Waals surface area (Å²) in [6.07, 6.45) is 1.64. The van der Waals surface area contributed by atoms with Gasteiger partial charge in [0.25, 0.3) is 0 Å². The molecule has 0 radical (unpaired) electrons. The summed E-state index contributed by atoms with van der Waals surface area (Å²) in [7, 11) is -3.96. The molecule has 0 spiro atoms. The van der Waals surface area contributed by atoms with Crippen LogP contribution in [0.1, 0.15) is 45.2 Å². The quantitative estimate of drug-likeness (QED) is 0.620. The molecular weight excluding hydrogens is 450 g/mol. The highest BCUT2D eigenvalue weighted by molar-refractivity contribution is 7.89. The number of carbonyl (C=O) groups is 2. The molecule has 0 aromatic heterocycles. The molecule has 0 bridgehead atoms. The van der Waals surface area contributed by atoms with E-state index in [-0.39, 0.29) is 23.9 Å². The van der Waals surface area contributed by atoms with Crippen molar-refractivity contribution >= 4 is 27.5 Å². The van der Waals surface area contributed by atoms with E-state index in [1.165, 1.54) is 17.0 Å². The molecule has 1 heterocycles. The standard InChI is InChI=1S/C26H35N3O4S/c1-6-21-9-11-22(12-10-21)29-24(30)17-28(34(32,33)23-13-7-20(4)8-14-23)18-26(29,5)25(31)27-16-15-19(2)3/h7-14,19H,6,15-18H2,1-5H3,(H,27,31)/t26-/m0/s1. The first-order valence-corrected chi connectivity index (χ1v) is 13.2. The SMILES string of the molecule is CCc1ccc(N2C(=O)CN(S(=O)(=O)c3ccc(C)cc3)C[C@@]2(C)C(=O)NCCC(C)C)cc1. The van der Waals surface area contributed by atoms with Crippen molar-refractivity contribution in [3.8, 4) is 0 Å². The Kier molecular flexibility index (Phi) is 7.83. The normalized spacial score (nSPS) is 19.5. The van der Waals surface area contributed by atoms with Crippen LogP contribution in [-0.2, 0) is 26.0 Å². The maximum Gasteiger partial charge on any atom is 0.247 e. The molecule has 8 heteroatoms. The third-order valence-electron chi connectivity index (χ3n) is 6.30. The number of amides is 2. The number of hydrogen-bond donors (Lipinski definition) is 1. The minimum Gasteiger partial charge on any atom is -0.354 e. The molecule has 7 nitrogen and oxygen atoms in total. The largest absolute Gasteiger partial charge is 0.354 e. The van der Waals surface area contributed by atoms with Gasteiger partial charge in [0.05, 0.1) is 11.4 Å². The molecule has 1 saturated heterocycles. The maximum absolute atomic E-state index is 13.5. The molecule has 0 saturated carbocycles. The second kappa shape index (κ2) is 10.3. The summed E-state index contributed by atoms with van der Waals surface area (Å²) < 4.78 is 27.9. The zero-order valence-electron chi connectivity index (χ0n) is 20.7. The first kappa shape index (κ1) is 25.9. The van der Waals surface area contributed by atoms with E-state index in [9.17, 15) is 18.0 Å². The highest BCUT2D eigenvalue weighted by atomic mass is 32.2. The third-order valence-corrected chi connectivity index (χ3v) is 8.10. The van der Waals surface area contributed by atoms with Gasteiger partial charge in [-0.25, -0.2) is 8.42 Å². The molecule has 2 amide bonds. The molecule has 1 fully saturated rings. The van der Waals surface area contributed by atoms with Crippen LogP contribution >= 0.6 is 0 Å². The number of anilines is 1. The smallest absolute Gasteiger partial charge is 0.247 e. The Balaban J connectivity index is 1.99. The van der Waals surface area contributed by atoms with Crippen molar-refractivity contribution in [3.63, 3.8) is 0 Å². The molecule has 2 aromatic rings. The number of sulfonamides is 1. The molecule has 2 aromatic carbocycles. The van der Waals surface area contributed by atoms with Crippen LogP contribution in [0.5, 0.6) is 0 Å². The average molecular weight is 486 g/mol. The Morgan fingerprint density at radius 2 is 1.71 bits per heavy atom. The molecule has 0 aliphatic carbocycles. The highest BCUT2D eigenvalue weighted by Gasteiger charge is 2.51. The van der Waals surface area contributed by atoms with E-state index < -0.39 is 21.5 Å². The predicted molar refractivity (Wildman–Crippen MR) is 134 cm³/mol. The van der Waals surface area contributed by atoms with E-state index in [1.54, 1.807) is 19.1 Å². The second-order valence-electron chi connectivity index (χ2n) is 9.55. The van der Waals surface area contributed by atoms with E-state index in [4.69, 9.17) is 0 Å². The number of rotatable bonds is 8. The Hall–Kier alpha value is -2.71. The number of carbonyl (C=O) groups excluding carboxylic acids is 2. The summed E-state index contributed by atoms with van der Waals surface area (Å²) >= 11 is 0. The molecule has 34 heavy (non-hydrogen) atoms. The van der Waals surface area contributed by atoms with E-state index in [0.717, 1.165) is 28.3 Å². The number of nitrogens with zero attached hydrogens (tertiary/aromatic N) is 2. The van der Waals surface area contributed by atoms with Gasteiger partial charge >= 0.3 is 0 Å². The average Bonchev–Trinajstić information content (AvgIpc) is 2.79. The fraction of sp³-hybridized carbons (Fsp3) is 0.462. The van der Waals surface area contributed by atoms with Gasteiger partial charge in [-0.1, -0.05) is 50.6 Å². The summed E-state index contributed by atoms with van der Waals surface area (Å²) in [5.41, 5.74) is 1.22. The van der Waals surface area contributed by atoms with E-state index in [2.05, 4.69) is 19.2 Å². The Morgan fingerprint density at radius 3 is 2.26 bits per heavy atom. The zero-order valence-corrected chi connectivity index (χ0v) is 21.5. The van der Waals surface area contributed by atoms with Crippen molar-refractivity contribution in [2.45, 2.75) is 57.9 Å². The molecule has 3 rings (SSSR count). The third kappa shape index (κ3) is 5.33. The van der Waals surface area contributed by atoms with Crippen LogP contribution in [0.15, 0.2) is 53.4 Å². The van der Waals surface area contributed by atoms with Gasteiger partial charge in [-0.05, 0) is 62.4 Å². The fourth-order valence-electron chi connectivity index (χ4n) is 4.14. The van der Waals surface area contributed by atoms with Gasteiger partial charge in [0.1, 0.15) is 5.54 Å². The topological polar surface area (TPSA) is 86.8 Å². The Morgan fingerprint density at radius 1 is 1.09 bits per heavy atom. The van der Waals surface area contributed by atoms with Crippen molar-refractivity contribution < 1.29 is 18.0 Å². The first-order chi connectivity index (χ1) is 16.0. The molecule has 1 aliphatic rings. The van der Waals surface area contributed by atoms with Crippen LogP contribution in [-0.4, -0.2) is 49.7 Å². The lowest BCUT2D eigenvalue weighted by Gasteiger charge is -2.46. The number of piperazine rings is 1. The summed E-state index contributed by atoms with van der Waals surface area (Å²) in [6, 6.07) is 14.0. The predicted octanol–water partition coefficient (Wildman–Crippen LogP) is 3.52. The highest BCUT2D eigenvalue weighted by Crippen LogP contribution is 2.32. The first-order valence-electron chi connectivity index (χ1n) is 11.8. The van der Waals surface area contributed by atoms with Gasteiger partial charge < -0.3 is 5.32 Å². The summed E-state index contributed by atoms with van der Waals surface area (Å²) in [5.74, 6) is -0.408. The van der Waals surface area contributed by atoms with Crippen LogP contribution in [0, 0.1) is 12.8 Å². The van der Waals surface area contributed by atoms with Crippen LogP contribution in [0.4, 0.5) is 5.69 Å². The van der Waals surface area contributed by atoms with Gasteiger partial charge in [-0.15, -0.1) is 0 Å². The number of hydrogen-bond acceptors (Lipinski definition) is 4. The number of benzene rings is 2. The fourth-order valence-corrected chi connectivity index (χ4v) is 5.62. The van der Waals surface area contributed by atoms with Crippen LogP contribution < -0.4 is 10.2 Å². The summed E-state index contributed by atoms with van der Waals surface area (Å²) in [4.78, 5) is 28.5. The molecule has 184 valence electrons. The van der Waals surface area contributed by atoms with Crippen molar-refractivity contribution in [1.29, 1.82) is 0 Å². The monoisotopic (exact) mass is 485 g/mol. The Labute approximate surface area is 203 Å². The van der Waals surface area contributed by atoms with Crippen LogP contribution in [0.3, 0.4) is 0 Å². The van der Waals surface area contributed by atoms with Gasteiger partial charge in [0.15, 0.2) is 0 Å². The summed E-state index contributed by atoms with van der Waals surface area (Å²) in [5, 5.41) is 2.93. The van der Waals surface area contributed by atoms with Gasteiger partial charge in [-0.2, -0.15) is 4.31 Å². The lowest BCUT2D eigenvalue weighted by molar-refractivity contribution is -0.132. The van der Waals surface area contributed by atoms with Crippen molar-refractivity contribution in [2.24, 2.45) is 5.92 Å². The minimum atomic E-state index is -3.96. The maximum atomic E-state index is 13.5.